The van der Waals surface area contributed by atoms with Crippen molar-refractivity contribution in [3.8, 4) is 0 Å². The third kappa shape index (κ3) is 4.87. The van der Waals surface area contributed by atoms with Crippen LogP contribution in [0, 0.1) is 0 Å². The fourth-order valence-electron chi connectivity index (χ4n) is 3.24. The van der Waals surface area contributed by atoms with E-state index < -0.39 is 5.54 Å². The summed E-state index contributed by atoms with van der Waals surface area (Å²) in [6.07, 6.45) is 1.46. The molecule has 0 spiro atoms. The highest BCUT2D eigenvalue weighted by Gasteiger charge is 2.33. The number of piperidine rings is 1. The second-order valence-corrected chi connectivity index (χ2v) is 6.97. The Kier molecular flexibility index (Phi) is 6.99. The third-order valence-electron chi connectivity index (χ3n) is 4.98. The molecule has 1 fully saturated rings. The summed E-state index contributed by atoms with van der Waals surface area (Å²) in [5.74, 6) is -0.139. The van der Waals surface area contributed by atoms with Crippen LogP contribution in [-0.2, 0) is 10.3 Å². The molecule has 2 aromatic carbocycles. The summed E-state index contributed by atoms with van der Waals surface area (Å²) in [6, 6.07) is 18.7. The largest absolute Gasteiger partial charge is 0.351 e. The number of amides is 2. The van der Waals surface area contributed by atoms with E-state index in [1.807, 2.05) is 65.6 Å². The zero-order valence-electron chi connectivity index (χ0n) is 15.4. The van der Waals surface area contributed by atoms with E-state index in [-0.39, 0.29) is 30.3 Å². The van der Waals surface area contributed by atoms with Crippen molar-refractivity contribution in [3.05, 3.63) is 71.8 Å². The highest BCUT2D eigenvalue weighted by atomic mass is 35.5. The first-order chi connectivity index (χ1) is 12.5. The van der Waals surface area contributed by atoms with Crippen LogP contribution >= 0.6 is 12.4 Å². The van der Waals surface area contributed by atoms with E-state index >= 15 is 0 Å². The van der Waals surface area contributed by atoms with Gasteiger partial charge in [-0.1, -0.05) is 48.5 Å². The van der Waals surface area contributed by atoms with Crippen LogP contribution in [0.4, 0.5) is 0 Å². The molecule has 1 aliphatic heterocycles. The van der Waals surface area contributed by atoms with Gasteiger partial charge in [0.2, 0.25) is 5.91 Å². The first-order valence-corrected chi connectivity index (χ1v) is 8.98. The summed E-state index contributed by atoms with van der Waals surface area (Å²) in [7, 11) is 0. The maximum atomic E-state index is 12.7. The topological polar surface area (TPSA) is 75.4 Å². The van der Waals surface area contributed by atoms with Crippen LogP contribution in [0.5, 0.6) is 0 Å². The first-order valence-electron chi connectivity index (χ1n) is 8.98. The number of nitrogens with one attached hydrogen (secondary N) is 1. The van der Waals surface area contributed by atoms with Gasteiger partial charge in [0.25, 0.3) is 5.91 Å². The molecule has 0 bridgehead atoms. The van der Waals surface area contributed by atoms with Gasteiger partial charge in [-0.15, -0.1) is 12.4 Å². The van der Waals surface area contributed by atoms with Crippen molar-refractivity contribution in [1.82, 2.24) is 10.2 Å². The molecule has 1 aliphatic rings. The van der Waals surface area contributed by atoms with Gasteiger partial charge in [-0.3, -0.25) is 9.59 Å². The van der Waals surface area contributed by atoms with E-state index in [9.17, 15) is 9.59 Å². The van der Waals surface area contributed by atoms with Crippen molar-refractivity contribution >= 4 is 24.2 Å². The molecule has 0 aliphatic carbocycles. The van der Waals surface area contributed by atoms with E-state index in [0.29, 0.717) is 18.7 Å². The van der Waals surface area contributed by atoms with Gasteiger partial charge in [0, 0.05) is 24.7 Å². The summed E-state index contributed by atoms with van der Waals surface area (Å²) in [6.45, 7) is 2.99. The number of nitrogens with two attached hydrogens (primary N) is 1. The van der Waals surface area contributed by atoms with Gasteiger partial charge in [0.1, 0.15) is 5.54 Å². The minimum Gasteiger partial charge on any atom is -0.351 e. The van der Waals surface area contributed by atoms with Crippen molar-refractivity contribution < 1.29 is 9.59 Å². The lowest BCUT2D eigenvalue weighted by Gasteiger charge is -2.34. The van der Waals surface area contributed by atoms with E-state index in [1.54, 1.807) is 6.92 Å². The van der Waals surface area contributed by atoms with Gasteiger partial charge < -0.3 is 16.0 Å². The Balaban J connectivity index is 0.00000261. The van der Waals surface area contributed by atoms with Crippen molar-refractivity contribution in [3.63, 3.8) is 0 Å². The van der Waals surface area contributed by atoms with Crippen molar-refractivity contribution in [2.45, 2.75) is 31.3 Å². The molecule has 1 saturated heterocycles. The second-order valence-electron chi connectivity index (χ2n) is 6.97. The second kappa shape index (κ2) is 9.02. The molecule has 3 rings (SSSR count). The van der Waals surface area contributed by atoms with E-state index in [1.165, 1.54) is 0 Å². The third-order valence-corrected chi connectivity index (χ3v) is 4.98. The number of hydrogen-bond acceptors (Lipinski definition) is 3. The monoisotopic (exact) mass is 387 g/mol. The quantitative estimate of drug-likeness (QED) is 0.846. The molecule has 0 radical (unpaired) electrons. The minimum atomic E-state index is -1.07. The molecule has 0 saturated carbocycles. The van der Waals surface area contributed by atoms with Gasteiger partial charge in [0.15, 0.2) is 0 Å². The lowest BCUT2D eigenvalue weighted by molar-refractivity contribution is -0.127. The summed E-state index contributed by atoms with van der Waals surface area (Å²) in [4.78, 5) is 27.0. The summed E-state index contributed by atoms with van der Waals surface area (Å²) >= 11 is 0. The average molecular weight is 388 g/mol. The van der Waals surface area contributed by atoms with Crippen molar-refractivity contribution in [2.75, 3.05) is 13.1 Å². The normalized spacial score (nSPS) is 16.7. The number of carbonyl (C=O) groups excluding carboxylic acids is 2. The van der Waals surface area contributed by atoms with Crippen LogP contribution in [-0.4, -0.2) is 35.8 Å². The number of halogens is 1. The predicted octanol–water partition coefficient (Wildman–Crippen LogP) is 2.70. The summed E-state index contributed by atoms with van der Waals surface area (Å²) in [5, 5.41) is 3.05. The van der Waals surface area contributed by atoms with E-state index in [0.717, 1.165) is 18.4 Å². The van der Waals surface area contributed by atoms with Crippen LogP contribution in [0.2, 0.25) is 0 Å². The standard InChI is InChI=1S/C21H25N3O2.ClH/c1-21(22,17-10-6-3-7-11-17)20(26)23-18-12-14-24(15-13-18)19(25)16-8-4-2-5-9-16;/h2-11,18H,12-15,22H2,1H3,(H,23,26);1H. The first kappa shape index (κ1) is 20.9. The minimum absolute atomic E-state index is 0. The Morgan fingerprint density at radius 3 is 2.07 bits per heavy atom. The molecule has 0 aromatic heterocycles. The molecule has 1 heterocycles. The molecular formula is C21H26ClN3O2. The Labute approximate surface area is 166 Å². The smallest absolute Gasteiger partial charge is 0.253 e. The van der Waals surface area contributed by atoms with E-state index in [2.05, 4.69) is 5.32 Å². The molecule has 27 heavy (non-hydrogen) atoms. The number of hydrogen-bond donors (Lipinski definition) is 2. The maximum absolute atomic E-state index is 12.7. The molecule has 144 valence electrons. The van der Waals surface area contributed by atoms with Gasteiger partial charge in [0.05, 0.1) is 0 Å². The fraction of sp³-hybridized carbons (Fsp3) is 0.333. The number of carbonyl (C=O) groups is 2. The molecular weight excluding hydrogens is 362 g/mol. The van der Waals surface area contributed by atoms with Crippen LogP contribution in [0.15, 0.2) is 60.7 Å². The van der Waals surface area contributed by atoms with Crippen LogP contribution in [0.3, 0.4) is 0 Å². The van der Waals surface area contributed by atoms with Crippen molar-refractivity contribution in [2.24, 2.45) is 5.73 Å². The molecule has 2 amide bonds. The number of rotatable bonds is 4. The average Bonchev–Trinajstić information content (AvgIpc) is 2.69. The molecule has 2 aromatic rings. The SMILES string of the molecule is CC(N)(C(=O)NC1CCN(C(=O)c2ccccc2)CC1)c1ccccc1.Cl. The predicted molar refractivity (Wildman–Crippen MR) is 109 cm³/mol. The number of likely N-dealkylation sites (tertiary alicyclic amines) is 1. The summed E-state index contributed by atoms with van der Waals surface area (Å²) < 4.78 is 0. The lowest BCUT2D eigenvalue weighted by atomic mass is 9.91. The van der Waals surface area contributed by atoms with E-state index in [4.69, 9.17) is 5.73 Å². The van der Waals surface area contributed by atoms with Crippen LogP contribution in [0.25, 0.3) is 0 Å². The number of benzene rings is 2. The van der Waals surface area contributed by atoms with Gasteiger partial charge in [-0.2, -0.15) is 0 Å². The molecule has 1 unspecified atom stereocenters. The molecule has 3 N–H and O–H groups in total. The highest BCUT2D eigenvalue weighted by Crippen LogP contribution is 2.20. The Bertz CT molecular complexity index is 758. The van der Waals surface area contributed by atoms with Gasteiger partial charge in [-0.05, 0) is 37.5 Å². The highest BCUT2D eigenvalue weighted by molar-refractivity contribution is 5.94. The summed E-state index contributed by atoms with van der Waals surface area (Å²) in [5.41, 5.74) is 6.69. The maximum Gasteiger partial charge on any atom is 0.253 e. The zero-order valence-corrected chi connectivity index (χ0v) is 16.2. The lowest BCUT2D eigenvalue weighted by Crippen LogP contribution is -2.54. The molecule has 5 nitrogen and oxygen atoms in total. The molecule has 6 heteroatoms. The fourth-order valence-corrected chi connectivity index (χ4v) is 3.24. The van der Waals surface area contributed by atoms with Crippen LogP contribution in [0.1, 0.15) is 35.7 Å². The van der Waals surface area contributed by atoms with Crippen LogP contribution < -0.4 is 11.1 Å². The zero-order chi connectivity index (χ0) is 18.6. The Morgan fingerprint density at radius 2 is 1.52 bits per heavy atom. The molecule has 1 atom stereocenters. The van der Waals surface area contributed by atoms with Crippen molar-refractivity contribution in [1.29, 1.82) is 0 Å². The Hall–Kier alpha value is -2.37. The Morgan fingerprint density at radius 1 is 1.00 bits per heavy atom. The number of nitrogens with zero attached hydrogens (tertiary/aromatic N) is 1. The van der Waals surface area contributed by atoms with Gasteiger partial charge in [-0.25, -0.2) is 0 Å². The van der Waals surface area contributed by atoms with Gasteiger partial charge >= 0.3 is 0 Å².